The summed E-state index contributed by atoms with van der Waals surface area (Å²) < 4.78 is 113. The molecule has 254 valence electrons. The predicted octanol–water partition coefficient (Wildman–Crippen LogP) is 7.82. The molecule has 0 amide bonds. The highest BCUT2D eigenvalue weighted by molar-refractivity contribution is 8.76. The van der Waals surface area contributed by atoms with Crippen LogP contribution in [0.3, 0.4) is 0 Å². The van der Waals surface area contributed by atoms with Gasteiger partial charge in [-0.2, -0.15) is 0 Å². The largest absolute Gasteiger partial charge is 0.218 e. The van der Waals surface area contributed by atoms with Crippen LogP contribution in [0.25, 0.3) is 0 Å². The van der Waals surface area contributed by atoms with E-state index in [1.807, 2.05) is 0 Å². The van der Waals surface area contributed by atoms with Crippen LogP contribution in [-0.2, 0) is 39.3 Å². The van der Waals surface area contributed by atoms with Gasteiger partial charge in [0.05, 0.1) is 29.4 Å². The third kappa shape index (κ3) is 6.78. The van der Waals surface area contributed by atoms with E-state index in [2.05, 4.69) is 0 Å². The highest BCUT2D eigenvalue weighted by Crippen LogP contribution is 2.48. The molecule has 0 heterocycles. The van der Waals surface area contributed by atoms with E-state index in [1.165, 1.54) is 133 Å². The number of benzene rings is 6. The van der Waals surface area contributed by atoms with Crippen LogP contribution < -0.4 is 0 Å². The molecule has 0 spiro atoms. The van der Waals surface area contributed by atoms with Gasteiger partial charge in [0.25, 0.3) is 0 Å². The number of sulfone groups is 4. The third-order valence-corrected chi connectivity index (χ3v) is 17.8. The Labute approximate surface area is 299 Å². The lowest BCUT2D eigenvalue weighted by atomic mass is 10.3. The van der Waals surface area contributed by atoms with Crippen molar-refractivity contribution >= 4 is 60.9 Å². The highest BCUT2D eigenvalue weighted by Gasteiger charge is 2.35. The molecular weight excluding hydrogens is 753 g/mol. The van der Waals surface area contributed by atoms with Gasteiger partial charge in [0.15, 0.2) is 0 Å². The Bertz CT molecular complexity index is 2430. The van der Waals surface area contributed by atoms with E-state index in [-0.39, 0.29) is 29.4 Å². The SMILES string of the molecule is O=S(=O)(c1ccccc1)c1cccc(SSc2cccc(S(=O)(=O)c3ccccc3)c2S(=O)(=O)c2ccccc2)c1S(=O)(=O)c1ccccc1. The van der Waals surface area contributed by atoms with Crippen molar-refractivity contribution in [2.75, 3.05) is 0 Å². The molecular formula is C36H26O8S6. The molecule has 0 aromatic heterocycles. The second kappa shape index (κ2) is 14.2. The minimum atomic E-state index is -4.47. The summed E-state index contributed by atoms with van der Waals surface area (Å²) in [5, 5.41) is 0. The van der Waals surface area contributed by atoms with Crippen molar-refractivity contribution < 1.29 is 33.7 Å². The zero-order valence-electron chi connectivity index (χ0n) is 25.7. The van der Waals surface area contributed by atoms with Crippen LogP contribution in [0.2, 0.25) is 0 Å². The van der Waals surface area contributed by atoms with E-state index in [9.17, 15) is 33.7 Å². The van der Waals surface area contributed by atoms with E-state index in [0.29, 0.717) is 0 Å². The molecule has 0 bridgehead atoms. The van der Waals surface area contributed by atoms with Crippen molar-refractivity contribution in [3.8, 4) is 0 Å². The van der Waals surface area contributed by atoms with Crippen molar-refractivity contribution in [1.82, 2.24) is 0 Å². The van der Waals surface area contributed by atoms with Gasteiger partial charge in [-0.1, -0.05) is 107 Å². The van der Waals surface area contributed by atoms with E-state index in [0.717, 1.165) is 21.6 Å². The van der Waals surface area contributed by atoms with Gasteiger partial charge in [0.2, 0.25) is 39.3 Å². The first-order valence-corrected chi connectivity index (χ1v) is 22.8. The first kappa shape index (κ1) is 35.6. The van der Waals surface area contributed by atoms with Gasteiger partial charge in [-0.3, -0.25) is 0 Å². The van der Waals surface area contributed by atoms with Gasteiger partial charge in [-0.15, -0.1) is 0 Å². The predicted molar refractivity (Wildman–Crippen MR) is 192 cm³/mol. The van der Waals surface area contributed by atoms with Crippen molar-refractivity contribution in [2.45, 2.75) is 49.0 Å². The third-order valence-electron chi connectivity index (χ3n) is 7.44. The maximum absolute atomic E-state index is 14.3. The molecule has 0 radical (unpaired) electrons. The van der Waals surface area contributed by atoms with Crippen LogP contribution in [0, 0.1) is 0 Å². The zero-order chi connectivity index (χ0) is 35.6. The van der Waals surface area contributed by atoms with Gasteiger partial charge < -0.3 is 0 Å². The molecule has 50 heavy (non-hydrogen) atoms. The Kier molecular flexibility index (Phi) is 10.1. The molecule has 6 aromatic rings. The van der Waals surface area contributed by atoms with Gasteiger partial charge in [0.1, 0.15) is 9.79 Å². The fourth-order valence-corrected chi connectivity index (χ4v) is 15.5. The topological polar surface area (TPSA) is 137 Å². The fraction of sp³-hybridized carbons (Fsp3) is 0. The molecule has 14 heteroatoms. The number of rotatable bonds is 11. The standard InChI is InChI=1S/C36H26O8S6/c37-47(38,27-15-5-1-6-16-27)33-25-13-23-31(35(33)49(41,42)29-19-9-3-10-20-29)45-46-32-24-14-26-34(48(39,40)28-17-7-2-8-18-28)36(32)50(43,44)30-21-11-4-12-22-30/h1-26H. The summed E-state index contributed by atoms with van der Waals surface area (Å²) in [7, 11) is -16.1. The molecule has 0 N–H and O–H groups in total. The lowest BCUT2D eigenvalue weighted by Gasteiger charge is -2.17. The molecule has 8 nitrogen and oxygen atoms in total. The highest BCUT2D eigenvalue weighted by atomic mass is 33.1. The molecule has 0 saturated heterocycles. The number of hydrogen-bond acceptors (Lipinski definition) is 10. The van der Waals surface area contributed by atoms with E-state index < -0.39 is 58.9 Å². The molecule has 6 rings (SSSR count). The Morgan fingerprint density at radius 2 is 0.540 bits per heavy atom. The summed E-state index contributed by atoms with van der Waals surface area (Å²) in [6, 6.07) is 37.6. The summed E-state index contributed by atoms with van der Waals surface area (Å²) in [6.45, 7) is 0. The molecule has 0 aliphatic rings. The van der Waals surface area contributed by atoms with Crippen LogP contribution in [0.5, 0.6) is 0 Å². The molecule has 6 aromatic carbocycles. The van der Waals surface area contributed by atoms with E-state index in [1.54, 1.807) is 24.3 Å². The smallest absolute Gasteiger partial charge is 0.209 e. The van der Waals surface area contributed by atoms with Crippen LogP contribution in [0.15, 0.2) is 207 Å². The molecule has 0 fully saturated rings. The summed E-state index contributed by atoms with van der Waals surface area (Å²) in [6.07, 6.45) is 0. The van der Waals surface area contributed by atoms with Crippen molar-refractivity contribution in [3.63, 3.8) is 0 Å². The Balaban J connectivity index is 1.55. The Morgan fingerprint density at radius 1 is 0.280 bits per heavy atom. The second-order valence-electron chi connectivity index (χ2n) is 10.6. The van der Waals surface area contributed by atoms with Gasteiger partial charge in [-0.25, -0.2) is 33.7 Å². The maximum Gasteiger partial charge on any atom is 0.209 e. The molecule has 0 aliphatic heterocycles. The molecule has 0 unspecified atom stereocenters. The lowest BCUT2D eigenvalue weighted by Crippen LogP contribution is -2.12. The molecule has 0 saturated carbocycles. The van der Waals surface area contributed by atoms with Gasteiger partial charge in [0, 0.05) is 9.79 Å². The van der Waals surface area contributed by atoms with Crippen LogP contribution in [-0.4, -0.2) is 33.7 Å². The quantitative estimate of drug-likeness (QED) is 0.120. The van der Waals surface area contributed by atoms with Crippen molar-refractivity contribution in [1.29, 1.82) is 0 Å². The average Bonchev–Trinajstić information content (AvgIpc) is 3.15. The van der Waals surface area contributed by atoms with Crippen LogP contribution in [0.1, 0.15) is 0 Å². The summed E-state index contributed by atoms with van der Waals surface area (Å²) in [5.41, 5.74) is 0. The monoisotopic (exact) mass is 778 g/mol. The number of hydrogen-bond donors (Lipinski definition) is 0. The molecule has 0 atom stereocenters. The van der Waals surface area contributed by atoms with Crippen LogP contribution in [0.4, 0.5) is 0 Å². The Hall–Kier alpha value is -4.18. The Morgan fingerprint density at radius 3 is 0.820 bits per heavy atom. The maximum atomic E-state index is 14.3. The van der Waals surface area contributed by atoms with Crippen molar-refractivity contribution in [3.05, 3.63) is 158 Å². The summed E-state index contributed by atoms with van der Waals surface area (Å²) in [4.78, 5) is -2.45. The minimum Gasteiger partial charge on any atom is -0.218 e. The fourth-order valence-electron chi connectivity index (χ4n) is 5.05. The van der Waals surface area contributed by atoms with Crippen molar-refractivity contribution in [2.24, 2.45) is 0 Å². The van der Waals surface area contributed by atoms with Gasteiger partial charge >= 0.3 is 0 Å². The minimum absolute atomic E-state index is 0.00441. The normalized spacial score (nSPS) is 12.4. The van der Waals surface area contributed by atoms with Crippen LogP contribution >= 0.6 is 21.6 Å². The van der Waals surface area contributed by atoms with Gasteiger partial charge in [-0.05, 0) is 72.8 Å². The first-order valence-electron chi connectivity index (χ1n) is 14.7. The second-order valence-corrected chi connectivity index (χ2v) is 20.4. The summed E-state index contributed by atoms with van der Waals surface area (Å²) >= 11 is 0. The van der Waals surface area contributed by atoms with E-state index >= 15 is 0 Å². The average molecular weight is 779 g/mol. The summed E-state index contributed by atoms with van der Waals surface area (Å²) in [5.74, 6) is 0. The molecule has 0 aliphatic carbocycles. The lowest BCUT2D eigenvalue weighted by molar-refractivity contribution is 0.580. The first-order chi connectivity index (χ1) is 23.9. The van der Waals surface area contributed by atoms with E-state index in [4.69, 9.17) is 0 Å². The zero-order valence-corrected chi connectivity index (χ0v) is 30.6.